The lowest BCUT2D eigenvalue weighted by molar-refractivity contribution is 0.0754. The predicted molar refractivity (Wildman–Crippen MR) is 59.1 cm³/mol. The second kappa shape index (κ2) is 5.69. The van der Waals surface area contributed by atoms with Crippen LogP contribution in [0.3, 0.4) is 0 Å². The van der Waals surface area contributed by atoms with E-state index >= 15 is 0 Å². The van der Waals surface area contributed by atoms with Gasteiger partial charge in [-0.05, 0) is 38.3 Å². The van der Waals surface area contributed by atoms with Crippen LogP contribution >= 0.6 is 0 Å². The molecule has 0 radical (unpaired) electrons. The van der Waals surface area contributed by atoms with Crippen molar-refractivity contribution in [2.75, 3.05) is 20.1 Å². The van der Waals surface area contributed by atoms with Crippen molar-refractivity contribution < 1.29 is 5.11 Å². The monoisotopic (exact) mass is 200 g/mol. The molecular weight excluding hydrogens is 176 g/mol. The Balaban J connectivity index is 2.42. The molecule has 0 bridgehead atoms. The number of likely N-dealkylation sites (N-methyl/N-ethyl adjacent to an activating group) is 1. The summed E-state index contributed by atoms with van der Waals surface area (Å²) in [6.45, 7) is 1.41. The lowest BCUT2D eigenvalue weighted by atomic mass is 9.70. The Morgan fingerprint density at radius 3 is 2.50 bits per heavy atom. The summed E-state index contributed by atoms with van der Waals surface area (Å²) in [6, 6.07) is 0. The Kier molecular flexibility index (Phi) is 4.85. The smallest absolute Gasteiger partial charge is 0.0670 e. The highest BCUT2D eigenvalue weighted by Crippen LogP contribution is 2.39. The van der Waals surface area contributed by atoms with Crippen molar-refractivity contribution in [3.63, 3.8) is 0 Å². The summed E-state index contributed by atoms with van der Waals surface area (Å²) < 4.78 is 0. The molecule has 0 aromatic carbocycles. The van der Waals surface area contributed by atoms with Gasteiger partial charge in [-0.3, -0.25) is 0 Å². The second-order valence-electron chi connectivity index (χ2n) is 4.68. The summed E-state index contributed by atoms with van der Waals surface area (Å²) in [7, 11) is 1.87. The summed E-state index contributed by atoms with van der Waals surface area (Å²) in [6.07, 6.45) is 6.93. The lowest BCUT2D eigenvalue weighted by Gasteiger charge is -2.37. The van der Waals surface area contributed by atoms with Crippen molar-refractivity contribution in [3.8, 4) is 0 Å². The first-order valence-electron chi connectivity index (χ1n) is 5.75. The molecule has 3 heteroatoms. The van der Waals surface area contributed by atoms with Crippen molar-refractivity contribution in [3.05, 3.63) is 0 Å². The summed E-state index contributed by atoms with van der Waals surface area (Å²) in [5, 5.41) is 12.8. The highest BCUT2D eigenvalue weighted by atomic mass is 16.3. The molecule has 0 aromatic heterocycles. The van der Waals surface area contributed by atoms with Crippen LogP contribution in [0.15, 0.2) is 0 Å². The number of rotatable bonds is 5. The standard InChI is InChI=1S/C11H24N2O/c1-13-8-10(14)7-11(9-12)5-3-2-4-6-11/h10,13-14H,2-9,12H2,1H3/t10-/m0/s1. The molecule has 1 rings (SSSR count). The summed E-state index contributed by atoms with van der Waals surface area (Å²) in [5.41, 5.74) is 6.08. The molecule has 84 valence electrons. The average Bonchev–Trinajstić information content (AvgIpc) is 2.19. The molecule has 1 aliphatic rings. The van der Waals surface area contributed by atoms with Crippen molar-refractivity contribution in [1.82, 2.24) is 5.32 Å². The van der Waals surface area contributed by atoms with Crippen molar-refractivity contribution in [2.24, 2.45) is 11.1 Å². The molecule has 1 fully saturated rings. The van der Waals surface area contributed by atoms with E-state index in [1.165, 1.54) is 32.1 Å². The van der Waals surface area contributed by atoms with E-state index in [4.69, 9.17) is 5.73 Å². The fourth-order valence-corrected chi connectivity index (χ4v) is 2.60. The zero-order chi connectivity index (χ0) is 10.4. The molecule has 1 atom stereocenters. The van der Waals surface area contributed by atoms with Gasteiger partial charge in [0, 0.05) is 6.54 Å². The van der Waals surface area contributed by atoms with Crippen LogP contribution in [0.4, 0.5) is 0 Å². The highest BCUT2D eigenvalue weighted by Gasteiger charge is 2.32. The van der Waals surface area contributed by atoms with Gasteiger partial charge in [0.1, 0.15) is 0 Å². The summed E-state index contributed by atoms with van der Waals surface area (Å²) >= 11 is 0. The Hall–Kier alpha value is -0.120. The molecule has 0 unspecified atom stereocenters. The third kappa shape index (κ3) is 3.23. The van der Waals surface area contributed by atoms with Crippen molar-refractivity contribution >= 4 is 0 Å². The number of nitrogens with one attached hydrogen (secondary N) is 1. The van der Waals surface area contributed by atoms with E-state index < -0.39 is 0 Å². The number of hydrogen-bond acceptors (Lipinski definition) is 3. The van der Waals surface area contributed by atoms with Gasteiger partial charge in [0.05, 0.1) is 6.10 Å². The minimum atomic E-state index is -0.235. The van der Waals surface area contributed by atoms with E-state index in [1.807, 2.05) is 7.05 Å². The maximum Gasteiger partial charge on any atom is 0.0670 e. The minimum Gasteiger partial charge on any atom is -0.392 e. The van der Waals surface area contributed by atoms with Crippen LogP contribution in [-0.4, -0.2) is 31.3 Å². The molecular formula is C11H24N2O. The van der Waals surface area contributed by atoms with Gasteiger partial charge in [-0.15, -0.1) is 0 Å². The second-order valence-corrected chi connectivity index (χ2v) is 4.68. The zero-order valence-electron chi connectivity index (χ0n) is 9.26. The van der Waals surface area contributed by atoms with Crippen molar-refractivity contribution in [2.45, 2.75) is 44.6 Å². The van der Waals surface area contributed by atoms with E-state index in [9.17, 15) is 5.11 Å². The Morgan fingerprint density at radius 2 is 2.00 bits per heavy atom. The minimum absolute atomic E-state index is 0.231. The van der Waals surface area contributed by atoms with Crippen LogP contribution in [0, 0.1) is 5.41 Å². The van der Waals surface area contributed by atoms with Gasteiger partial charge in [-0.25, -0.2) is 0 Å². The summed E-state index contributed by atoms with van der Waals surface area (Å²) in [5.74, 6) is 0. The Labute approximate surface area is 87.1 Å². The number of aliphatic hydroxyl groups is 1. The quantitative estimate of drug-likeness (QED) is 0.617. The molecule has 1 aliphatic carbocycles. The molecule has 0 saturated heterocycles. The van der Waals surface area contributed by atoms with Crippen LogP contribution in [0.25, 0.3) is 0 Å². The van der Waals surface area contributed by atoms with Crippen LogP contribution in [0.2, 0.25) is 0 Å². The molecule has 14 heavy (non-hydrogen) atoms. The largest absolute Gasteiger partial charge is 0.392 e. The first-order chi connectivity index (χ1) is 6.72. The van der Waals surface area contributed by atoms with Gasteiger partial charge in [0.25, 0.3) is 0 Å². The van der Waals surface area contributed by atoms with Gasteiger partial charge in [0.2, 0.25) is 0 Å². The summed E-state index contributed by atoms with van der Waals surface area (Å²) in [4.78, 5) is 0. The predicted octanol–water partition coefficient (Wildman–Crippen LogP) is 0.866. The van der Waals surface area contributed by atoms with E-state index in [2.05, 4.69) is 5.32 Å². The molecule has 0 amide bonds. The lowest BCUT2D eigenvalue weighted by Crippen LogP contribution is -2.38. The average molecular weight is 200 g/mol. The maximum atomic E-state index is 9.78. The van der Waals surface area contributed by atoms with E-state index in [1.54, 1.807) is 0 Å². The fraction of sp³-hybridized carbons (Fsp3) is 1.00. The maximum absolute atomic E-state index is 9.78. The van der Waals surface area contributed by atoms with Gasteiger partial charge in [-0.1, -0.05) is 19.3 Å². The van der Waals surface area contributed by atoms with Gasteiger partial charge in [-0.2, -0.15) is 0 Å². The van der Waals surface area contributed by atoms with E-state index in [0.717, 1.165) is 13.0 Å². The molecule has 0 heterocycles. The van der Waals surface area contributed by atoms with Gasteiger partial charge < -0.3 is 16.2 Å². The SMILES string of the molecule is CNC[C@@H](O)CC1(CN)CCCCC1. The van der Waals surface area contributed by atoms with Gasteiger partial charge in [0.15, 0.2) is 0 Å². The van der Waals surface area contributed by atoms with Crippen LogP contribution in [-0.2, 0) is 0 Å². The van der Waals surface area contributed by atoms with Crippen LogP contribution < -0.4 is 11.1 Å². The van der Waals surface area contributed by atoms with Crippen LogP contribution in [0.1, 0.15) is 38.5 Å². The van der Waals surface area contributed by atoms with Crippen LogP contribution in [0.5, 0.6) is 0 Å². The number of nitrogens with two attached hydrogens (primary N) is 1. The third-order valence-electron chi connectivity index (χ3n) is 3.46. The third-order valence-corrected chi connectivity index (χ3v) is 3.46. The molecule has 3 nitrogen and oxygen atoms in total. The van der Waals surface area contributed by atoms with Crippen molar-refractivity contribution in [1.29, 1.82) is 0 Å². The molecule has 1 saturated carbocycles. The molecule has 0 aromatic rings. The van der Waals surface area contributed by atoms with Gasteiger partial charge >= 0.3 is 0 Å². The van der Waals surface area contributed by atoms with E-state index in [0.29, 0.717) is 6.54 Å². The first-order valence-corrected chi connectivity index (χ1v) is 5.75. The normalized spacial score (nSPS) is 23.4. The first kappa shape index (κ1) is 12.0. The molecule has 0 spiro atoms. The molecule has 0 aliphatic heterocycles. The Bertz CT molecular complexity index is 155. The fourth-order valence-electron chi connectivity index (χ4n) is 2.60. The highest BCUT2D eigenvalue weighted by molar-refractivity contribution is 4.86. The number of aliphatic hydroxyl groups excluding tert-OH is 1. The zero-order valence-corrected chi connectivity index (χ0v) is 9.26. The topological polar surface area (TPSA) is 58.3 Å². The molecule has 4 N–H and O–H groups in total. The number of hydrogen-bond donors (Lipinski definition) is 3. The Morgan fingerprint density at radius 1 is 1.36 bits per heavy atom. The van der Waals surface area contributed by atoms with E-state index in [-0.39, 0.29) is 11.5 Å².